The fraction of sp³-hybridized carbons (Fsp3) is 0. The Kier molecular flexibility index (Phi) is 2.23. The van der Waals surface area contributed by atoms with Crippen LogP contribution in [0.4, 0.5) is 5.69 Å². The molecule has 0 unspecified atom stereocenters. The van der Waals surface area contributed by atoms with Crippen molar-refractivity contribution in [3.05, 3.63) is 54.9 Å². The second-order valence-corrected chi connectivity index (χ2v) is 4.69. The van der Waals surface area contributed by atoms with Crippen LogP contribution >= 0.6 is 0 Å². The molecular weight excluding hydrogens is 250 g/mol. The van der Waals surface area contributed by atoms with Gasteiger partial charge in [0, 0.05) is 28.2 Å². The lowest BCUT2D eigenvalue weighted by Gasteiger charge is -2.03. The van der Waals surface area contributed by atoms with E-state index >= 15 is 0 Å². The van der Waals surface area contributed by atoms with Crippen molar-refractivity contribution in [2.24, 2.45) is 0 Å². The van der Waals surface area contributed by atoms with Crippen LogP contribution < -0.4 is 5.73 Å². The topological polar surface area (TPSA) is 64.9 Å². The number of anilines is 1. The maximum Gasteiger partial charge on any atom is 0.159 e. The molecule has 0 saturated carbocycles. The SMILES string of the molecule is Nc1ccc2nc(-c3ccc4occc4c3)ncc2c1. The van der Waals surface area contributed by atoms with Crippen molar-refractivity contribution in [1.82, 2.24) is 9.97 Å². The van der Waals surface area contributed by atoms with E-state index in [1.165, 1.54) is 0 Å². The van der Waals surface area contributed by atoms with E-state index in [-0.39, 0.29) is 0 Å². The molecule has 2 heterocycles. The predicted octanol–water partition coefficient (Wildman–Crippen LogP) is 3.63. The molecule has 4 nitrogen and oxygen atoms in total. The van der Waals surface area contributed by atoms with Gasteiger partial charge in [0.15, 0.2) is 5.82 Å². The number of benzene rings is 2. The standard InChI is InChI=1S/C16H11N3O/c17-13-2-3-14-12(8-13)9-18-16(19-14)11-1-4-15-10(7-11)5-6-20-15/h1-9H,17H2. The van der Waals surface area contributed by atoms with Crippen LogP contribution in [0.3, 0.4) is 0 Å². The highest BCUT2D eigenvalue weighted by Crippen LogP contribution is 2.24. The zero-order valence-electron chi connectivity index (χ0n) is 10.6. The van der Waals surface area contributed by atoms with E-state index in [0.717, 1.165) is 27.4 Å². The van der Waals surface area contributed by atoms with E-state index in [0.29, 0.717) is 11.5 Å². The van der Waals surface area contributed by atoms with Crippen molar-refractivity contribution >= 4 is 27.6 Å². The fourth-order valence-corrected chi connectivity index (χ4v) is 2.30. The van der Waals surface area contributed by atoms with Gasteiger partial charge in [0.25, 0.3) is 0 Å². The number of nitrogen functional groups attached to an aromatic ring is 1. The molecule has 2 aromatic carbocycles. The highest BCUT2D eigenvalue weighted by atomic mass is 16.3. The number of fused-ring (bicyclic) bond motifs is 2. The molecule has 0 spiro atoms. The van der Waals surface area contributed by atoms with Gasteiger partial charge in [-0.1, -0.05) is 0 Å². The van der Waals surface area contributed by atoms with Crippen molar-refractivity contribution in [1.29, 1.82) is 0 Å². The third-order valence-electron chi connectivity index (χ3n) is 3.31. The number of hydrogen-bond donors (Lipinski definition) is 1. The summed E-state index contributed by atoms with van der Waals surface area (Å²) >= 11 is 0. The lowest BCUT2D eigenvalue weighted by Crippen LogP contribution is -1.91. The van der Waals surface area contributed by atoms with Crippen molar-refractivity contribution in [3.63, 3.8) is 0 Å². The Morgan fingerprint density at radius 3 is 2.85 bits per heavy atom. The lowest BCUT2D eigenvalue weighted by molar-refractivity contribution is 0.616. The number of rotatable bonds is 1. The van der Waals surface area contributed by atoms with Crippen LogP contribution in [0.15, 0.2) is 59.3 Å². The number of nitrogens with zero attached hydrogens (tertiary/aromatic N) is 2. The summed E-state index contributed by atoms with van der Waals surface area (Å²) < 4.78 is 5.34. The van der Waals surface area contributed by atoms with Gasteiger partial charge in [-0.15, -0.1) is 0 Å². The maximum absolute atomic E-state index is 5.76. The van der Waals surface area contributed by atoms with E-state index in [2.05, 4.69) is 9.97 Å². The normalized spacial score (nSPS) is 11.2. The first kappa shape index (κ1) is 11.0. The van der Waals surface area contributed by atoms with E-state index in [1.807, 2.05) is 42.5 Å². The molecular formula is C16H11N3O. The average Bonchev–Trinajstić information content (AvgIpc) is 2.94. The molecule has 0 saturated heterocycles. The molecule has 4 aromatic rings. The smallest absolute Gasteiger partial charge is 0.159 e. The molecule has 4 heteroatoms. The minimum Gasteiger partial charge on any atom is -0.464 e. The highest BCUT2D eigenvalue weighted by Gasteiger charge is 2.05. The van der Waals surface area contributed by atoms with Gasteiger partial charge in [-0.3, -0.25) is 0 Å². The summed E-state index contributed by atoms with van der Waals surface area (Å²) in [5, 5.41) is 1.99. The van der Waals surface area contributed by atoms with Crippen LogP contribution in [0, 0.1) is 0 Å². The summed E-state index contributed by atoms with van der Waals surface area (Å²) in [5.41, 5.74) is 9.19. The lowest BCUT2D eigenvalue weighted by atomic mass is 10.1. The second-order valence-electron chi connectivity index (χ2n) is 4.69. The van der Waals surface area contributed by atoms with Crippen LogP contribution in [0.25, 0.3) is 33.3 Å². The Labute approximate surface area is 114 Å². The van der Waals surface area contributed by atoms with Gasteiger partial charge in [0.1, 0.15) is 5.58 Å². The molecule has 0 atom stereocenters. The Hall–Kier alpha value is -2.88. The molecule has 4 rings (SSSR count). The quantitative estimate of drug-likeness (QED) is 0.531. The summed E-state index contributed by atoms with van der Waals surface area (Å²) in [6, 6.07) is 13.5. The first-order chi connectivity index (χ1) is 9.79. The monoisotopic (exact) mass is 261 g/mol. The predicted molar refractivity (Wildman–Crippen MR) is 79.2 cm³/mol. The van der Waals surface area contributed by atoms with Crippen LogP contribution in [-0.2, 0) is 0 Å². The molecule has 20 heavy (non-hydrogen) atoms. The van der Waals surface area contributed by atoms with E-state index in [4.69, 9.17) is 10.2 Å². The van der Waals surface area contributed by atoms with Gasteiger partial charge in [-0.05, 0) is 42.5 Å². The molecule has 2 aromatic heterocycles. The first-order valence-electron chi connectivity index (χ1n) is 6.29. The van der Waals surface area contributed by atoms with Gasteiger partial charge in [-0.25, -0.2) is 9.97 Å². The third kappa shape index (κ3) is 1.70. The van der Waals surface area contributed by atoms with Gasteiger partial charge >= 0.3 is 0 Å². The second kappa shape index (κ2) is 4.06. The van der Waals surface area contributed by atoms with Crippen molar-refractivity contribution in [3.8, 4) is 11.4 Å². The molecule has 0 bridgehead atoms. The van der Waals surface area contributed by atoms with Crippen LogP contribution in [0.5, 0.6) is 0 Å². The first-order valence-corrected chi connectivity index (χ1v) is 6.29. The third-order valence-corrected chi connectivity index (χ3v) is 3.31. The molecule has 96 valence electrons. The van der Waals surface area contributed by atoms with Crippen LogP contribution in [0.1, 0.15) is 0 Å². The van der Waals surface area contributed by atoms with Gasteiger partial charge in [0.05, 0.1) is 11.8 Å². The molecule has 0 aliphatic rings. The molecule has 0 amide bonds. The van der Waals surface area contributed by atoms with Gasteiger partial charge in [-0.2, -0.15) is 0 Å². The van der Waals surface area contributed by atoms with Crippen molar-refractivity contribution < 1.29 is 4.42 Å². The van der Waals surface area contributed by atoms with E-state index in [9.17, 15) is 0 Å². The fourth-order valence-electron chi connectivity index (χ4n) is 2.30. The molecule has 0 aliphatic heterocycles. The Bertz CT molecular complexity index is 927. The van der Waals surface area contributed by atoms with E-state index in [1.54, 1.807) is 12.5 Å². The molecule has 2 N–H and O–H groups in total. The van der Waals surface area contributed by atoms with Gasteiger partial charge < -0.3 is 10.2 Å². The number of nitrogens with two attached hydrogens (primary N) is 1. The number of furan rings is 1. The minimum atomic E-state index is 0.699. The average molecular weight is 261 g/mol. The molecule has 0 aliphatic carbocycles. The minimum absolute atomic E-state index is 0.699. The zero-order valence-corrected chi connectivity index (χ0v) is 10.6. The van der Waals surface area contributed by atoms with Crippen LogP contribution in [-0.4, -0.2) is 9.97 Å². The van der Waals surface area contributed by atoms with Crippen molar-refractivity contribution in [2.45, 2.75) is 0 Å². The van der Waals surface area contributed by atoms with Crippen LogP contribution in [0.2, 0.25) is 0 Å². The maximum atomic E-state index is 5.76. The Morgan fingerprint density at radius 2 is 1.90 bits per heavy atom. The molecule has 0 radical (unpaired) electrons. The summed E-state index contributed by atoms with van der Waals surface area (Å²) in [5.74, 6) is 0.699. The number of hydrogen-bond acceptors (Lipinski definition) is 4. The summed E-state index contributed by atoms with van der Waals surface area (Å²) in [4.78, 5) is 8.99. The Balaban J connectivity index is 1.90. The van der Waals surface area contributed by atoms with E-state index < -0.39 is 0 Å². The summed E-state index contributed by atoms with van der Waals surface area (Å²) in [6.45, 7) is 0. The summed E-state index contributed by atoms with van der Waals surface area (Å²) in [7, 11) is 0. The highest BCUT2D eigenvalue weighted by molar-refractivity contribution is 5.85. The zero-order chi connectivity index (χ0) is 13.5. The van der Waals surface area contributed by atoms with Gasteiger partial charge in [0.2, 0.25) is 0 Å². The number of aromatic nitrogens is 2. The molecule has 0 fully saturated rings. The summed E-state index contributed by atoms with van der Waals surface area (Å²) in [6.07, 6.45) is 3.48. The van der Waals surface area contributed by atoms with Crippen molar-refractivity contribution in [2.75, 3.05) is 5.73 Å². The Morgan fingerprint density at radius 1 is 0.950 bits per heavy atom. The largest absolute Gasteiger partial charge is 0.464 e.